The van der Waals surface area contributed by atoms with Crippen LogP contribution in [0.15, 0.2) is 29.2 Å². The Kier molecular flexibility index (Phi) is 3.38. The summed E-state index contributed by atoms with van der Waals surface area (Å²) in [7, 11) is -3.52. The van der Waals surface area contributed by atoms with Gasteiger partial charge in [-0.3, -0.25) is 4.79 Å². The number of benzene rings is 1. The summed E-state index contributed by atoms with van der Waals surface area (Å²) >= 11 is 0. The minimum absolute atomic E-state index is 0.135. The zero-order valence-electron chi connectivity index (χ0n) is 9.83. The van der Waals surface area contributed by atoms with Gasteiger partial charge >= 0.3 is 0 Å². The molecule has 1 fully saturated rings. The molecule has 6 nitrogen and oxygen atoms in total. The van der Waals surface area contributed by atoms with Crippen molar-refractivity contribution < 1.29 is 18.3 Å². The van der Waals surface area contributed by atoms with Crippen molar-refractivity contribution in [1.29, 1.82) is 0 Å². The summed E-state index contributed by atoms with van der Waals surface area (Å²) < 4.78 is 25.3. The van der Waals surface area contributed by atoms with E-state index in [1.54, 1.807) is 0 Å². The molecule has 0 spiro atoms. The monoisotopic (exact) mass is 270 g/mol. The lowest BCUT2D eigenvalue weighted by Gasteiger charge is -2.34. The van der Waals surface area contributed by atoms with E-state index in [1.807, 2.05) is 0 Å². The maximum atomic E-state index is 12.0. The van der Waals surface area contributed by atoms with Gasteiger partial charge in [-0.15, -0.1) is 0 Å². The highest BCUT2D eigenvalue weighted by molar-refractivity contribution is 7.89. The third-order valence-electron chi connectivity index (χ3n) is 2.64. The number of nitrogens with one attached hydrogen (secondary N) is 1. The predicted octanol–water partition coefficient (Wildman–Crippen LogP) is 0.0102. The van der Waals surface area contributed by atoms with Crippen molar-refractivity contribution in [3.63, 3.8) is 0 Å². The largest absolute Gasteiger partial charge is 0.390 e. The fourth-order valence-electron chi connectivity index (χ4n) is 1.68. The Hall–Kier alpha value is -1.44. The molecule has 2 rings (SSSR count). The van der Waals surface area contributed by atoms with Crippen LogP contribution in [0, 0.1) is 0 Å². The molecule has 18 heavy (non-hydrogen) atoms. The number of carbonyl (C=O) groups is 1. The van der Waals surface area contributed by atoms with Gasteiger partial charge in [-0.05, 0) is 24.3 Å². The average molecular weight is 270 g/mol. The minimum atomic E-state index is -3.52. The number of aliphatic hydroxyl groups excluding tert-OH is 1. The highest BCUT2D eigenvalue weighted by Crippen LogP contribution is 2.22. The van der Waals surface area contributed by atoms with E-state index in [4.69, 9.17) is 5.11 Å². The van der Waals surface area contributed by atoms with Crippen LogP contribution in [0.2, 0.25) is 0 Å². The van der Waals surface area contributed by atoms with Crippen LogP contribution in [-0.2, 0) is 14.8 Å². The predicted molar refractivity (Wildman–Crippen MR) is 65.5 cm³/mol. The van der Waals surface area contributed by atoms with E-state index in [9.17, 15) is 13.2 Å². The SMILES string of the molecule is CC(=O)Nc1ccc(S(=O)(=O)N2CC(O)C2)cc1. The third-order valence-corrected chi connectivity index (χ3v) is 4.49. The molecule has 0 atom stereocenters. The quantitative estimate of drug-likeness (QED) is 0.810. The van der Waals surface area contributed by atoms with Gasteiger partial charge in [0, 0.05) is 25.7 Å². The first-order valence-electron chi connectivity index (χ1n) is 5.45. The smallest absolute Gasteiger partial charge is 0.243 e. The van der Waals surface area contributed by atoms with E-state index >= 15 is 0 Å². The first-order chi connectivity index (χ1) is 8.39. The maximum Gasteiger partial charge on any atom is 0.243 e. The van der Waals surface area contributed by atoms with Crippen molar-refractivity contribution in [2.24, 2.45) is 0 Å². The molecule has 1 saturated heterocycles. The molecule has 0 radical (unpaired) electrons. The zero-order valence-corrected chi connectivity index (χ0v) is 10.6. The highest BCUT2D eigenvalue weighted by Gasteiger charge is 2.35. The lowest BCUT2D eigenvalue weighted by atomic mass is 10.2. The first kappa shape index (κ1) is 13.0. The number of anilines is 1. The van der Waals surface area contributed by atoms with Gasteiger partial charge in [0.05, 0.1) is 11.0 Å². The minimum Gasteiger partial charge on any atom is -0.390 e. The van der Waals surface area contributed by atoms with E-state index in [1.165, 1.54) is 35.5 Å². The number of aliphatic hydroxyl groups is 1. The molecule has 0 saturated carbocycles. The molecule has 0 bridgehead atoms. The van der Waals surface area contributed by atoms with Gasteiger partial charge in [0.15, 0.2) is 0 Å². The Labute approximate surface area is 105 Å². The Morgan fingerprint density at radius 2 is 1.89 bits per heavy atom. The lowest BCUT2D eigenvalue weighted by molar-refractivity contribution is -0.114. The third kappa shape index (κ3) is 2.53. The van der Waals surface area contributed by atoms with Crippen LogP contribution in [0.5, 0.6) is 0 Å². The van der Waals surface area contributed by atoms with Gasteiger partial charge < -0.3 is 10.4 Å². The van der Waals surface area contributed by atoms with E-state index in [0.29, 0.717) is 5.69 Å². The van der Waals surface area contributed by atoms with Gasteiger partial charge in [0.1, 0.15) is 0 Å². The molecule has 1 aliphatic heterocycles. The van der Waals surface area contributed by atoms with Crippen LogP contribution in [0.25, 0.3) is 0 Å². The van der Waals surface area contributed by atoms with Crippen LogP contribution >= 0.6 is 0 Å². The number of sulfonamides is 1. The second-order valence-corrected chi connectivity index (χ2v) is 6.12. The van der Waals surface area contributed by atoms with Crippen LogP contribution in [0.4, 0.5) is 5.69 Å². The van der Waals surface area contributed by atoms with E-state index in [0.717, 1.165) is 0 Å². The summed E-state index contributed by atoms with van der Waals surface area (Å²) in [5.41, 5.74) is 0.546. The molecule has 1 aromatic rings. The number of hydrogen-bond acceptors (Lipinski definition) is 4. The van der Waals surface area contributed by atoms with Crippen molar-refractivity contribution in [2.45, 2.75) is 17.9 Å². The van der Waals surface area contributed by atoms with Crippen LogP contribution in [0.3, 0.4) is 0 Å². The molecule has 7 heteroatoms. The number of hydrogen-bond donors (Lipinski definition) is 2. The van der Waals surface area contributed by atoms with Crippen LogP contribution in [-0.4, -0.2) is 42.9 Å². The molecule has 98 valence electrons. The number of amides is 1. The summed E-state index contributed by atoms with van der Waals surface area (Å²) in [5.74, 6) is -0.212. The Morgan fingerprint density at radius 3 is 2.33 bits per heavy atom. The van der Waals surface area contributed by atoms with E-state index < -0.39 is 16.1 Å². The number of rotatable bonds is 3. The van der Waals surface area contributed by atoms with Gasteiger partial charge in [0.25, 0.3) is 0 Å². The number of carbonyl (C=O) groups excluding carboxylic acids is 1. The van der Waals surface area contributed by atoms with Crippen LogP contribution < -0.4 is 5.32 Å². The summed E-state index contributed by atoms with van der Waals surface area (Å²) in [5, 5.41) is 11.7. The molecule has 1 aromatic carbocycles. The van der Waals surface area contributed by atoms with Gasteiger partial charge in [-0.1, -0.05) is 0 Å². The number of nitrogens with zero attached hydrogens (tertiary/aromatic N) is 1. The van der Waals surface area contributed by atoms with Crippen molar-refractivity contribution in [3.8, 4) is 0 Å². The maximum absolute atomic E-state index is 12.0. The van der Waals surface area contributed by atoms with E-state index in [-0.39, 0.29) is 23.9 Å². The second-order valence-electron chi connectivity index (χ2n) is 4.18. The molecule has 1 aliphatic rings. The summed E-state index contributed by atoms with van der Waals surface area (Å²) in [6, 6.07) is 5.94. The zero-order chi connectivity index (χ0) is 13.3. The fraction of sp³-hybridized carbons (Fsp3) is 0.364. The molecule has 1 heterocycles. The van der Waals surface area contributed by atoms with Crippen LogP contribution in [0.1, 0.15) is 6.92 Å². The van der Waals surface area contributed by atoms with Crippen molar-refractivity contribution in [2.75, 3.05) is 18.4 Å². The standard InChI is InChI=1S/C11H14N2O4S/c1-8(14)12-9-2-4-11(5-3-9)18(16,17)13-6-10(15)7-13/h2-5,10,15H,6-7H2,1H3,(H,12,14). The van der Waals surface area contributed by atoms with Gasteiger partial charge in [-0.25, -0.2) is 8.42 Å². The van der Waals surface area contributed by atoms with Gasteiger partial charge in [-0.2, -0.15) is 4.31 Å². The number of β-amino-alcohol motifs (C(OH)–C–C–N with tert-alkyl or cyclic N) is 1. The van der Waals surface area contributed by atoms with Gasteiger partial charge in [0.2, 0.25) is 15.9 Å². The normalized spacial score (nSPS) is 17.2. The Balaban J connectivity index is 2.16. The summed E-state index contributed by atoms with van der Waals surface area (Å²) in [6.07, 6.45) is -0.571. The summed E-state index contributed by atoms with van der Waals surface area (Å²) in [4.78, 5) is 11.0. The summed E-state index contributed by atoms with van der Waals surface area (Å²) in [6.45, 7) is 1.65. The Bertz CT molecular complexity index is 547. The molecule has 0 unspecified atom stereocenters. The Morgan fingerprint density at radius 1 is 1.33 bits per heavy atom. The van der Waals surface area contributed by atoms with Crippen molar-refractivity contribution >= 4 is 21.6 Å². The molecular formula is C11H14N2O4S. The molecule has 1 amide bonds. The highest BCUT2D eigenvalue weighted by atomic mass is 32.2. The molecule has 0 aliphatic carbocycles. The molecule has 0 aromatic heterocycles. The van der Waals surface area contributed by atoms with Crippen molar-refractivity contribution in [3.05, 3.63) is 24.3 Å². The van der Waals surface area contributed by atoms with Crippen molar-refractivity contribution in [1.82, 2.24) is 4.31 Å². The van der Waals surface area contributed by atoms with E-state index in [2.05, 4.69) is 5.32 Å². The molecular weight excluding hydrogens is 256 g/mol. The fourth-order valence-corrected chi connectivity index (χ4v) is 3.19. The molecule has 2 N–H and O–H groups in total. The average Bonchev–Trinajstić information content (AvgIpc) is 2.24. The lowest BCUT2D eigenvalue weighted by Crippen LogP contribution is -2.53. The topological polar surface area (TPSA) is 86.7 Å². The first-order valence-corrected chi connectivity index (χ1v) is 6.89. The second kappa shape index (κ2) is 4.68.